The molecule has 3 nitrogen and oxygen atoms in total. The van der Waals surface area contributed by atoms with Gasteiger partial charge in [-0.1, -0.05) is 22.6 Å². The Morgan fingerprint density at radius 2 is 1.39 bits per heavy atom. The lowest BCUT2D eigenvalue weighted by atomic mass is 9.14. The van der Waals surface area contributed by atoms with Crippen LogP contribution in [0.4, 0.5) is 0 Å². The molecule has 0 saturated carbocycles. The van der Waals surface area contributed by atoms with Crippen molar-refractivity contribution in [1.29, 1.82) is 0 Å². The van der Waals surface area contributed by atoms with Crippen LogP contribution in [0.15, 0.2) is 53.1 Å². The first-order valence-corrected chi connectivity index (χ1v) is 11.9. The van der Waals surface area contributed by atoms with E-state index in [9.17, 15) is 0 Å². The van der Waals surface area contributed by atoms with Gasteiger partial charge in [0.1, 0.15) is 13.4 Å². The Balaban J connectivity index is 1.93. The molecule has 0 amide bonds. The smallest absolute Gasteiger partial charge is 0.227 e. The second-order valence-corrected chi connectivity index (χ2v) is 12.6. The zero-order valence-electron chi connectivity index (χ0n) is 21.9. The number of rotatable bonds is 5. The molecule has 0 radical (unpaired) electrons. The lowest BCUT2D eigenvalue weighted by Gasteiger charge is -2.54. The molecule has 0 spiro atoms. The van der Waals surface area contributed by atoms with E-state index in [1.165, 1.54) is 5.56 Å². The minimum atomic E-state index is -0.0529. The molecule has 154 valence electrons. The Labute approximate surface area is 206 Å². The second kappa shape index (κ2) is 7.75. The lowest BCUT2D eigenvalue weighted by Crippen LogP contribution is -2.53. The lowest BCUT2D eigenvalue weighted by molar-refractivity contribution is 0.616. The Hall–Kier alpha value is -2.03. The van der Waals surface area contributed by atoms with Crippen molar-refractivity contribution in [2.75, 3.05) is 0 Å². The number of benzene rings is 1. The zero-order valence-corrected chi connectivity index (χ0v) is 21.9. The van der Waals surface area contributed by atoms with Crippen LogP contribution >= 0.6 is 0 Å². The van der Waals surface area contributed by atoms with E-state index in [4.69, 9.17) is 14.4 Å². The van der Waals surface area contributed by atoms with Crippen LogP contribution < -0.4 is 0 Å². The van der Waals surface area contributed by atoms with E-state index < -0.39 is 0 Å². The predicted octanol–water partition coefficient (Wildman–Crippen LogP) is -5.17. The minimum Gasteiger partial charge on any atom is -0.437 e. The Kier molecular flexibility index (Phi) is 5.66. The third-order valence-corrected chi connectivity index (χ3v) is 7.75. The summed E-state index contributed by atoms with van der Waals surface area (Å²) in [7, 11) is 22.9. The first kappa shape index (κ1) is 24.1. The Morgan fingerprint density at radius 3 is 2.00 bits per heavy atom. The monoisotopic (exact) mass is 422 g/mol. The number of furan rings is 1. The van der Waals surface area contributed by atoms with Crippen molar-refractivity contribution in [3.8, 4) is 11.3 Å². The molecule has 4 rings (SSSR count). The van der Waals surface area contributed by atoms with Crippen LogP contribution in [0.1, 0.15) is 11.3 Å². The highest BCUT2D eigenvalue weighted by molar-refractivity contribution is 6.69. The molecule has 0 aliphatic carbocycles. The van der Waals surface area contributed by atoms with Crippen LogP contribution in [0, 0.1) is 0 Å². The fraction of sp³-hybridized carbons (Fsp3) is 0.200. The van der Waals surface area contributed by atoms with Gasteiger partial charge in [-0.2, -0.15) is 0 Å². The molecular weight excluding hydrogens is 392 g/mol. The maximum absolute atomic E-state index is 6.38. The molecule has 1 aromatic carbocycles. The van der Waals surface area contributed by atoms with Crippen molar-refractivity contribution in [2.24, 2.45) is 0 Å². The maximum Gasteiger partial charge on any atom is 0.227 e. The van der Waals surface area contributed by atoms with Crippen molar-refractivity contribution in [1.82, 2.24) is 9.97 Å². The number of fused-ring (bicyclic) bond motifs is 3. The van der Waals surface area contributed by atoms with Gasteiger partial charge in [0.15, 0.2) is 0 Å². The van der Waals surface area contributed by atoms with Gasteiger partial charge in [-0.05, 0) is 35.9 Å². The molecule has 0 aliphatic rings. The highest BCUT2D eigenvalue weighted by Crippen LogP contribution is 2.50. The number of aromatic nitrogens is 2. The van der Waals surface area contributed by atoms with Crippen LogP contribution in [0.2, 0.25) is 10.2 Å². The molecule has 0 fully saturated rings. The maximum atomic E-state index is 6.38. The average Bonchev–Trinajstić information content (AvgIpc) is 3.09. The van der Waals surface area contributed by atoms with Gasteiger partial charge >= 0.3 is 0 Å². The molecule has 0 bridgehead atoms. The number of hydrogen-bond donors (Lipinski definition) is 0. The number of pyridine rings is 2. The highest BCUT2D eigenvalue weighted by atomic mass is 16.3. The third-order valence-electron chi connectivity index (χ3n) is 7.75. The molecular formula is C20H28B10N2O. The number of para-hydroxylation sites is 1. The van der Waals surface area contributed by atoms with Gasteiger partial charge in [-0.3, -0.25) is 4.98 Å². The van der Waals surface area contributed by atoms with Crippen molar-refractivity contribution < 1.29 is 4.42 Å². The van der Waals surface area contributed by atoms with Gasteiger partial charge in [0, 0.05) is 28.2 Å². The summed E-state index contributed by atoms with van der Waals surface area (Å²) in [4.78, 5) is 9.64. The molecule has 13 heteroatoms. The van der Waals surface area contributed by atoms with Gasteiger partial charge in [0.25, 0.3) is 0 Å². The third kappa shape index (κ3) is 3.96. The van der Waals surface area contributed by atoms with Gasteiger partial charge in [0.2, 0.25) is 5.71 Å². The zero-order chi connectivity index (χ0) is 24.4. The van der Waals surface area contributed by atoms with Crippen LogP contribution in [0.3, 0.4) is 0 Å². The van der Waals surface area contributed by atoms with E-state index in [2.05, 4.69) is 121 Å². The van der Waals surface area contributed by atoms with E-state index >= 15 is 0 Å². The van der Waals surface area contributed by atoms with Crippen LogP contribution in [-0.4, -0.2) is 88.4 Å². The van der Waals surface area contributed by atoms with E-state index in [-0.39, 0.29) is 20.7 Å². The van der Waals surface area contributed by atoms with Crippen LogP contribution in [0.25, 0.3) is 33.3 Å². The van der Waals surface area contributed by atoms with E-state index in [0.717, 1.165) is 33.3 Å². The predicted molar refractivity (Wildman–Crippen MR) is 169 cm³/mol. The summed E-state index contributed by atoms with van der Waals surface area (Å²) in [6.45, 7) is 0. The summed E-state index contributed by atoms with van der Waals surface area (Å²) in [5.74, 6) is 0. The van der Waals surface area contributed by atoms with Gasteiger partial charge in [-0.15, -0.1) is 10.2 Å². The molecule has 3 heterocycles. The molecule has 0 saturated heterocycles. The molecule has 0 atom stereocenters. The van der Waals surface area contributed by atoms with E-state index in [1.807, 2.05) is 6.20 Å². The molecule has 0 N–H and O–H groups in total. The molecule has 3 aromatic heterocycles. The highest BCUT2D eigenvalue weighted by Gasteiger charge is 2.46. The van der Waals surface area contributed by atoms with Crippen LogP contribution in [0.5, 0.6) is 0 Å². The first-order valence-electron chi connectivity index (χ1n) is 11.9. The average molecular weight is 421 g/mol. The fourth-order valence-electron chi connectivity index (χ4n) is 5.18. The van der Waals surface area contributed by atoms with E-state index in [1.54, 1.807) is 0 Å². The summed E-state index contributed by atoms with van der Waals surface area (Å²) in [6, 6.07) is 15.0. The van der Waals surface area contributed by atoms with Crippen molar-refractivity contribution >= 4 is 101 Å². The SMILES string of the molecule is BC(B)(B)c1ccc2c(n1)oc1c(-c3cc(C(B)(C(B)(B)B)C(B)(B)B)ccn3)cccc12. The number of nitrogens with zero attached hydrogens (tertiary/aromatic N) is 2. The quantitative estimate of drug-likeness (QED) is 0.303. The minimum absolute atomic E-state index is 0.0315. The van der Waals surface area contributed by atoms with Crippen molar-refractivity contribution in [2.45, 2.75) is 20.7 Å². The summed E-state index contributed by atoms with van der Waals surface area (Å²) in [6.07, 6.45) is 1.94. The van der Waals surface area contributed by atoms with Crippen molar-refractivity contribution in [3.05, 3.63) is 59.9 Å². The van der Waals surface area contributed by atoms with Gasteiger partial charge in [-0.25, -0.2) is 4.98 Å². The molecule has 0 unspecified atom stereocenters. The largest absolute Gasteiger partial charge is 0.437 e. The van der Waals surface area contributed by atoms with Gasteiger partial charge in [0.05, 0.1) is 76.3 Å². The summed E-state index contributed by atoms with van der Waals surface area (Å²) < 4.78 is 6.38. The molecule has 33 heavy (non-hydrogen) atoms. The summed E-state index contributed by atoms with van der Waals surface area (Å²) in [5, 5.41) is 2.19. The molecule has 4 aromatic rings. The summed E-state index contributed by atoms with van der Waals surface area (Å²) in [5.41, 5.74) is 5.82. The van der Waals surface area contributed by atoms with Crippen molar-refractivity contribution in [3.63, 3.8) is 0 Å². The topological polar surface area (TPSA) is 38.9 Å². The second-order valence-electron chi connectivity index (χ2n) is 12.6. The summed E-state index contributed by atoms with van der Waals surface area (Å²) >= 11 is 0. The van der Waals surface area contributed by atoms with Gasteiger partial charge < -0.3 is 4.42 Å². The Bertz CT molecular complexity index is 1340. The molecule has 0 aliphatic heterocycles. The number of hydrogen-bond acceptors (Lipinski definition) is 3. The first-order chi connectivity index (χ1) is 15.1. The Morgan fingerprint density at radius 1 is 0.727 bits per heavy atom. The normalized spacial score (nSPS) is 13.5. The van der Waals surface area contributed by atoms with Crippen LogP contribution in [-0.2, 0) is 10.4 Å². The van der Waals surface area contributed by atoms with E-state index in [0.29, 0.717) is 5.71 Å². The fourth-order valence-corrected chi connectivity index (χ4v) is 5.18. The standard InChI is InChI=1S/C20H28B10N2O/c21-17(19(25,26)27,20(28,29)30)9-6-7-31-13(8-9)12-3-1-2-10-11-4-5-14(18(22,23)24)32-16(11)33-15(10)12/h1-8H,21-30H2.